The van der Waals surface area contributed by atoms with E-state index in [1.165, 1.54) is 28.9 Å². The fraction of sp³-hybridized carbons (Fsp3) is 0.308. The van der Waals surface area contributed by atoms with E-state index in [-0.39, 0.29) is 17.4 Å². The Kier molecular flexibility index (Phi) is 3.97. The fourth-order valence-corrected chi connectivity index (χ4v) is 1.85. The fourth-order valence-electron chi connectivity index (χ4n) is 1.85. The van der Waals surface area contributed by atoms with Crippen LogP contribution in [0.4, 0.5) is 5.69 Å². The van der Waals surface area contributed by atoms with Gasteiger partial charge in [-0.05, 0) is 18.1 Å². The van der Waals surface area contributed by atoms with Crippen molar-refractivity contribution >= 4 is 11.7 Å². The second-order valence-electron chi connectivity index (χ2n) is 4.94. The number of nitro benzene ring substituents is 1. The monoisotopic (exact) mass is 290 g/mol. The smallest absolute Gasteiger partial charge is 0.375 e. The molecule has 0 unspecified atom stereocenters. The molecular formula is C13H14N4O4. The molecule has 8 heteroatoms. The molecule has 8 nitrogen and oxygen atoms in total. The van der Waals surface area contributed by atoms with Gasteiger partial charge in [0.1, 0.15) is 5.82 Å². The number of hydrogen-bond acceptors (Lipinski definition) is 5. The maximum atomic E-state index is 11.0. The Morgan fingerprint density at radius 2 is 2.00 bits per heavy atom. The predicted molar refractivity (Wildman–Crippen MR) is 73.5 cm³/mol. The molecule has 0 atom stereocenters. The second kappa shape index (κ2) is 5.70. The molecule has 110 valence electrons. The summed E-state index contributed by atoms with van der Waals surface area (Å²) in [6.45, 7) is 3.96. The zero-order chi connectivity index (χ0) is 15.6. The minimum absolute atomic E-state index is 0.0391. The van der Waals surface area contributed by atoms with Crippen molar-refractivity contribution in [3.05, 3.63) is 46.0 Å². The third-order valence-corrected chi connectivity index (χ3v) is 2.76. The molecule has 2 aromatic rings. The van der Waals surface area contributed by atoms with Gasteiger partial charge in [0.25, 0.3) is 11.5 Å². The molecule has 0 aliphatic carbocycles. The molecule has 0 saturated heterocycles. The Labute approximate surface area is 120 Å². The van der Waals surface area contributed by atoms with E-state index < -0.39 is 10.9 Å². The van der Waals surface area contributed by atoms with Crippen molar-refractivity contribution in [2.24, 2.45) is 5.92 Å². The van der Waals surface area contributed by atoms with E-state index >= 15 is 0 Å². The standard InChI is InChI=1S/C13H14N4O4/c1-8(2)7-11-14-12(13(18)19)15-16(11)9-3-5-10(6-4-9)17(20)21/h3-6,8H,7H2,1-2H3,(H,18,19). The van der Waals surface area contributed by atoms with E-state index in [9.17, 15) is 14.9 Å². The van der Waals surface area contributed by atoms with Gasteiger partial charge in [-0.15, -0.1) is 5.10 Å². The number of aromatic carboxylic acids is 1. The van der Waals surface area contributed by atoms with Crippen molar-refractivity contribution in [2.45, 2.75) is 20.3 Å². The van der Waals surface area contributed by atoms with E-state index in [0.717, 1.165) is 0 Å². The molecule has 0 aliphatic heterocycles. The van der Waals surface area contributed by atoms with E-state index in [0.29, 0.717) is 17.9 Å². The van der Waals surface area contributed by atoms with E-state index in [4.69, 9.17) is 5.11 Å². The number of benzene rings is 1. The molecule has 21 heavy (non-hydrogen) atoms. The highest BCUT2D eigenvalue weighted by atomic mass is 16.6. The summed E-state index contributed by atoms with van der Waals surface area (Å²) in [5.41, 5.74) is 0.499. The number of non-ortho nitro benzene ring substituents is 1. The van der Waals surface area contributed by atoms with Crippen molar-refractivity contribution in [3.8, 4) is 5.69 Å². The number of carboxylic acids is 1. The zero-order valence-electron chi connectivity index (χ0n) is 11.6. The molecule has 0 radical (unpaired) electrons. The van der Waals surface area contributed by atoms with E-state index in [2.05, 4.69) is 10.1 Å². The normalized spacial score (nSPS) is 10.8. The lowest BCUT2D eigenvalue weighted by molar-refractivity contribution is -0.384. The number of carbonyl (C=O) groups is 1. The SMILES string of the molecule is CC(C)Cc1nc(C(=O)O)nn1-c1ccc([N+](=O)[O-])cc1. The summed E-state index contributed by atoms with van der Waals surface area (Å²) < 4.78 is 1.41. The van der Waals surface area contributed by atoms with Crippen LogP contribution in [0.3, 0.4) is 0 Å². The van der Waals surface area contributed by atoms with Crippen LogP contribution in [0.5, 0.6) is 0 Å². The molecule has 1 aromatic carbocycles. The Bertz CT molecular complexity index is 676. The lowest BCUT2D eigenvalue weighted by Crippen LogP contribution is -2.06. The summed E-state index contributed by atoms with van der Waals surface area (Å²) in [5, 5.41) is 23.6. The van der Waals surface area contributed by atoms with Crippen molar-refractivity contribution < 1.29 is 14.8 Å². The van der Waals surface area contributed by atoms with Crippen molar-refractivity contribution in [2.75, 3.05) is 0 Å². The first-order chi connectivity index (χ1) is 9.88. The van der Waals surface area contributed by atoms with Crippen LogP contribution in [-0.2, 0) is 6.42 Å². The minimum atomic E-state index is -1.21. The van der Waals surface area contributed by atoms with Gasteiger partial charge in [0.05, 0.1) is 10.6 Å². The van der Waals surface area contributed by atoms with Crippen LogP contribution in [0.25, 0.3) is 5.69 Å². The van der Waals surface area contributed by atoms with Crippen LogP contribution in [0, 0.1) is 16.0 Å². The first-order valence-corrected chi connectivity index (χ1v) is 6.32. The molecule has 2 rings (SSSR count). The third-order valence-electron chi connectivity index (χ3n) is 2.76. The number of nitro groups is 1. The zero-order valence-corrected chi connectivity index (χ0v) is 11.6. The van der Waals surface area contributed by atoms with Crippen molar-refractivity contribution in [1.29, 1.82) is 0 Å². The average molecular weight is 290 g/mol. The largest absolute Gasteiger partial charge is 0.475 e. The maximum absolute atomic E-state index is 11.0. The molecule has 0 fully saturated rings. The highest BCUT2D eigenvalue weighted by Crippen LogP contribution is 2.17. The molecule has 1 heterocycles. The Morgan fingerprint density at radius 1 is 1.38 bits per heavy atom. The quantitative estimate of drug-likeness (QED) is 0.666. The predicted octanol–water partition coefficient (Wildman–Crippen LogP) is 2.07. The van der Waals surface area contributed by atoms with E-state index in [1.807, 2.05) is 13.8 Å². The van der Waals surface area contributed by atoms with Gasteiger partial charge in [-0.2, -0.15) is 0 Å². The molecule has 0 aliphatic rings. The molecule has 0 bridgehead atoms. The first kappa shape index (κ1) is 14.6. The van der Waals surface area contributed by atoms with Crippen LogP contribution in [0.2, 0.25) is 0 Å². The van der Waals surface area contributed by atoms with E-state index in [1.54, 1.807) is 0 Å². The topological polar surface area (TPSA) is 111 Å². The maximum Gasteiger partial charge on any atom is 0.375 e. The lowest BCUT2D eigenvalue weighted by Gasteiger charge is -2.07. The van der Waals surface area contributed by atoms with Crippen molar-refractivity contribution in [1.82, 2.24) is 14.8 Å². The summed E-state index contributed by atoms with van der Waals surface area (Å²) >= 11 is 0. The van der Waals surface area contributed by atoms with Crippen LogP contribution in [0.1, 0.15) is 30.3 Å². The Morgan fingerprint density at radius 3 is 2.48 bits per heavy atom. The summed E-state index contributed by atoms with van der Waals surface area (Å²) in [6.07, 6.45) is 0.553. The van der Waals surface area contributed by atoms with Crippen LogP contribution < -0.4 is 0 Å². The molecular weight excluding hydrogens is 276 g/mol. The van der Waals surface area contributed by atoms with Gasteiger partial charge < -0.3 is 5.11 Å². The average Bonchev–Trinajstić information content (AvgIpc) is 2.82. The van der Waals surface area contributed by atoms with Gasteiger partial charge >= 0.3 is 5.97 Å². The lowest BCUT2D eigenvalue weighted by atomic mass is 10.1. The summed E-state index contributed by atoms with van der Waals surface area (Å²) in [7, 11) is 0. The molecule has 0 spiro atoms. The van der Waals surface area contributed by atoms with Gasteiger partial charge in [0.2, 0.25) is 0 Å². The summed E-state index contributed by atoms with van der Waals surface area (Å²) in [5.74, 6) is -0.714. The van der Waals surface area contributed by atoms with Gasteiger partial charge in [-0.1, -0.05) is 13.8 Å². The highest BCUT2D eigenvalue weighted by molar-refractivity contribution is 5.83. The number of hydrogen-bond donors (Lipinski definition) is 1. The number of rotatable bonds is 5. The molecule has 1 aromatic heterocycles. The minimum Gasteiger partial charge on any atom is -0.475 e. The first-order valence-electron chi connectivity index (χ1n) is 6.32. The second-order valence-corrected chi connectivity index (χ2v) is 4.94. The van der Waals surface area contributed by atoms with Crippen LogP contribution in [0.15, 0.2) is 24.3 Å². The molecule has 0 amide bonds. The van der Waals surface area contributed by atoms with Crippen molar-refractivity contribution in [3.63, 3.8) is 0 Å². The van der Waals surface area contributed by atoms with Gasteiger partial charge in [-0.25, -0.2) is 14.5 Å². The number of nitrogens with zero attached hydrogens (tertiary/aromatic N) is 4. The van der Waals surface area contributed by atoms with Gasteiger partial charge in [-0.3, -0.25) is 10.1 Å². The van der Waals surface area contributed by atoms with Crippen LogP contribution >= 0.6 is 0 Å². The number of carboxylic acid groups (broad SMARTS) is 1. The van der Waals surface area contributed by atoms with Gasteiger partial charge in [0.15, 0.2) is 0 Å². The molecule has 0 saturated carbocycles. The van der Waals surface area contributed by atoms with Crippen LogP contribution in [-0.4, -0.2) is 30.8 Å². The Balaban J connectivity index is 2.45. The highest BCUT2D eigenvalue weighted by Gasteiger charge is 2.17. The Hall–Kier alpha value is -2.77. The summed E-state index contributed by atoms with van der Waals surface area (Å²) in [6, 6.07) is 5.72. The van der Waals surface area contributed by atoms with Gasteiger partial charge in [0, 0.05) is 18.6 Å². The third kappa shape index (κ3) is 3.22. The molecule has 1 N–H and O–H groups in total. The summed E-state index contributed by atoms with van der Waals surface area (Å²) in [4.78, 5) is 25.2. The number of aromatic nitrogens is 3.